The number of hydrogen-bond donors (Lipinski definition) is 9. The summed E-state index contributed by atoms with van der Waals surface area (Å²) in [5.74, 6) is -0.455. The minimum Gasteiger partial charge on any atom is -0.432 e. The topological polar surface area (TPSA) is 236 Å². The third-order valence-corrected chi connectivity index (χ3v) is 16.8. The largest absolute Gasteiger partial charge is 0.432 e. The minimum atomic E-state index is -1.72. The van der Waals surface area contributed by atoms with Crippen molar-refractivity contribution in [3.8, 4) is 0 Å². The van der Waals surface area contributed by atoms with E-state index in [2.05, 4.69) is 33.8 Å². The van der Waals surface area contributed by atoms with Crippen molar-refractivity contribution in [3.05, 3.63) is 11.6 Å². The normalized spacial score (nSPS) is 54.9. The molecular weight excluding hydrogens is 716 g/mol. The fourth-order valence-electron chi connectivity index (χ4n) is 13.3. The van der Waals surface area contributed by atoms with Gasteiger partial charge >= 0.3 is 5.97 Å². The molecule has 20 atom stereocenters. The van der Waals surface area contributed by atoms with Crippen molar-refractivity contribution in [1.29, 1.82) is 0 Å². The van der Waals surface area contributed by atoms with Gasteiger partial charge in [-0.05, 0) is 105 Å². The summed E-state index contributed by atoms with van der Waals surface area (Å²) in [5.41, 5.74) is -2.02. The number of ether oxygens (including phenoxy) is 4. The number of allylic oxidation sites excluding steroid dienone is 1. The molecule has 2 heterocycles. The first-order valence-corrected chi connectivity index (χ1v) is 20.6. The standard InChI is InChI=1S/C41H66O14/c1-19-11-14-41(36(50)55-35-32(49)30(47)28(45)24(18-43)53-35)16-15-38(4)20-9-10-25-37(2,3)26(54-34-31(48)29(46)27(44)23(17-42)52-34)12-13-39(25,5)21(20)7-8-22(38)33(41)40(19,6)51/h8,19-21,23-35,42-49,51H,7,9-18H2,1-6H3/t19-,20?,21?,23-,24-,25?,26?,27-,28-,29+,30+,31-,32-,33?,34+,35+,38+,39-,40-,41+/m1/s1. The van der Waals surface area contributed by atoms with E-state index < -0.39 is 97.5 Å². The van der Waals surface area contributed by atoms with Gasteiger partial charge in [0.05, 0.1) is 30.3 Å². The maximum Gasteiger partial charge on any atom is 0.315 e. The van der Waals surface area contributed by atoms with Gasteiger partial charge in [-0.2, -0.15) is 0 Å². The van der Waals surface area contributed by atoms with E-state index in [9.17, 15) is 50.8 Å². The first-order chi connectivity index (χ1) is 25.7. The lowest BCUT2D eigenvalue weighted by atomic mass is 9.37. The lowest BCUT2D eigenvalue weighted by Crippen LogP contribution is -2.66. The number of aliphatic hydroxyl groups is 9. The van der Waals surface area contributed by atoms with Gasteiger partial charge in [0.1, 0.15) is 48.8 Å². The zero-order valence-corrected chi connectivity index (χ0v) is 33.2. The molecule has 0 bridgehead atoms. The van der Waals surface area contributed by atoms with Crippen molar-refractivity contribution in [2.45, 2.75) is 172 Å². The number of rotatable bonds is 6. The Morgan fingerprint density at radius 1 is 0.745 bits per heavy atom. The summed E-state index contributed by atoms with van der Waals surface area (Å²) in [4.78, 5) is 14.5. The van der Waals surface area contributed by atoms with Crippen LogP contribution in [0.5, 0.6) is 0 Å². The Morgan fingerprint density at radius 3 is 1.96 bits per heavy atom. The molecule has 0 aromatic carbocycles. The van der Waals surface area contributed by atoms with Gasteiger partial charge in [-0.15, -0.1) is 0 Å². The molecule has 14 heteroatoms. The van der Waals surface area contributed by atoms with Crippen LogP contribution in [0.2, 0.25) is 0 Å². The highest BCUT2D eigenvalue weighted by molar-refractivity contribution is 5.79. The summed E-state index contributed by atoms with van der Waals surface area (Å²) in [6.45, 7) is 11.8. The fraction of sp³-hybridized carbons (Fsp3) is 0.927. The molecule has 2 saturated heterocycles. The molecule has 0 spiro atoms. The molecular formula is C41H66O14. The van der Waals surface area contributed by atoms with E-state index in [1.54, 1.807) is 0 Å². The van der Waals surface area contributed by atoms with Crippen LogP contribution in [0, 0.1) is 51.2 Å². The van der Waals surface area contributed by atoms with E-state index in [1.807, 2.05) is 13.8 Å². The average Bonchev–Trinajstić information content (AvgIpc) is 3.14. The summed E-state index contributed by atoms with van der Waals surface area (Å²) in [7, 11) is 0. The van der Waals surface area contributed by atoms with Gasteiger partial charge in [0.15, 0.2) is 6.29 Å². The Hall–Kier alpha value is -1.27. The molecule has 9 N–H and O–H groups in total. The second-order valence-electron chi connectivity index (χ2n) is 19.7. The van der Waals surface area contributed by atoms with E-state index in [-0.39, 0.29) is 40.1 Å². The Balaban J connectivity index is 1.16. The monoisotopic (exact) mass is 782 g/mol. The molecule has 5 aliphatic carbocycles. The molecule has 6 fully saturated rings. The third kappa shape index (κ3) is 6.22. The maximum absolute atomic E-state index is 14.5. The highest BCUT2D eigenvalue weighted by Crippen LogP contribution is 2.72. The van der Waals surface area contributed by atoms with E-state index in [0.29, 0.717) is 38.0 Å². The highest BCUT2D eigenvalue weighted by atomic mass is 16.7. The molecule has 55 heavy (non-hydrogen) atoms. The number of fused-ring (bicyclic) bond motifs is 7. The zero-order chi connectivity index (χ0) is 40.2. The molecule has 14 nitrogen and oxygen atoms in total. The summed E-state index contributed by atoms with van der Waals surface area (Å²) in [6.07, 6.45) is -6.12. The van der Waals surface area contributed by atoms with Crippen LogP contribution in [0.15, 0.2) is 11.6 Å². The summed E-state index contributed by atoms with van der Waals surface area (Å²) < 4.78 is 23.7. The number of carbonyl (C=O) groups is 1. The number of hydrogen-bond acceptors (Lipinski definition) is 14. The zero-order valence-electron chi connectivity index (χ0n) is 33.2. The van der Waals surface area contributed by atoms with Crippen LogP contribution < -0.4 is 0 Å². The summed E-state index contributed by atoms with van der Waals surface area (Å²) in [5, 5.41) is 95.0. The van der Waals surface area contributed by atoms with E-state index in [4.69, 9.17) is 18.9 Å². The first-order valence-electron chi connectivity index (χ1n) is 20.6. The average molecular weight is 783 g/mol. The van der Waals surface area contributed by atoms with Crippen LogP contribution >= 0.6 is 0 Å². The van der Waals surface area contributed by atoms with Gasteiger partial charge < -0.3 is 64.9 Å². The minimum absolute atomic E-state index is 0.0777. The second kappa shape index (κ2) is 14.5. The van der Waals surface area contributed by atoms with Crippen LogP contribution in [0.1, 0.15) is 99.3 Å². The summed E-state index contributed by atoms with van der Waals surface area (Å²) in [6, 6.07) is 0. The smallest absolute Gasteiger partial charge is 0.315 e. The van der Waals surface area contributed by atoms with Crippen LogP contribution in [0.25, 0.3) is 0 Å². The SMILES string of the molecule is C[C@@H]1CC[C@]2(C(=O)O[C@@H]3O[C@H](CO)[C@@H](O)[C@H](O)[C@H]3O)CC[C@]3(C)C(=CCC4C3CCC3C(C)(C)C(O[C@@H]5O[C@H](CO)[C@@H](O)[C@H](O)[C@H]5O)CC[C@]43C)C2[C@]1(C)O. The molecule has 0 radical (unpaired) electrons. The predicted molar refractivity (Wildman–Crippen MR) is 194 cm³/mol. The van der Waals surface area contributed by atoms with E-state index in [0.717, 1.165) is 31.3 Å². The van der Waals surface area contributed by atoms with Crippen molar-refractivity contribution in [3.63, 3.8) is 0 Å². The van der Waals surface area contributed by atoms with Crippen molar-refractivity contribution in [1.82, 2.24) is 0 Å². The molecule has 5 unspecified atom stereocenters. The van der Waals surface area contributed by atoms with Gasteiger partial charge in [0.2, 0.25) is 6.29 Å². The van der Waals surface area contributed by atoms with Crippen molar-refractivity contribution in [2.24, 2.45) is 51.2 Å². The molecule has 0 aromatic heterocycles. The quantitative estimate of drug-likeness (QED) is 0.104. The lowest BCUT2D eigenvalue weighted by molar-refractivity contribution is -0.328. The van der Waals surface area contributed by atoms with E-state index >= 15 is 0 Å². The lowest BCUT2D eigenvalue weighted by Gasteiger charge is -2.68. The molecule has 0 amide bonds. The van der Waals surface area contributed by atoms with Gasteiger partial charge in [-0.25, -0.2) is 0 Å². The Morgan fingerprint density at radius 2 is 1.35 bits per heavy atom. The van der Waals surface area contributed by atoms with Crippen molar-refractivity contribution in [2.75, 3.05) is 13.2 Å². The molecule has 7 aliphatic rings. The fourth-order valence-corrected chi connectivity index (χ4v) is 13.3. The summed E-state index contributed by atoms with van der Waals surface area (Å²) >= 11 is 0. The van der Waals surface area contributed by atoms with Gasteiger partial charge in [0.25, 0.3) is 0 Å². The van der Waals surface area contributed by atoms with Gasteiger partial charge in [-0.1, -0.05) is 46.3 Å². The molecule has 4 saturated carbocycles. The molecule has 7 rings (SSSR count). The Kier molecular flexibility index (Phi) is 11.0. The van der Waals surface area contributed by atoms with Crippen molar-refractivity contribution >= 4 is 5.97 Å². The molecule has 0 aromatic rings. The van der Waals surface area contributed by atoms with Crippen LogP contribution in [0.3, 0.4) is 0 Å². The Labute approximate surface area is 323 Å². The second-order valence-corrected chi connectivity index (χ2v) is 19.7. The van der Waals surface area contributed by atoms with Gasteiger partial charge in [-0.3, -0.25) is 4.79 Å². The van der Waals surface area contributed by atoms with Crippen LogP contribution in [-0.4, -0.2) is 138 Å². The number of carbonyl (C=O) groups excluding carboxylic acids is 1. The Bertz CT molecular complexity index is 1470. The highest BCUT2D eigenvalue weighted by Gasteiger charge is 2.69. The number of esters is 1. The van der Waals surface area contributed by atoms with Crippen LogP contribution in [0.4, 0.5) is 0 Å². The predicted octanol–water partition coefficient (Wildman–Crippen LogP) is 0.897. The molecule has 314 valence electrons. The third-order valence-electron chi connectivity index (χ3n) is 16.8. The van der Waals surface area contributed by atoms with Crippen molar-refractivity contribution < 1.29 is 69.7 Å². The number of aliphatic hydroxyl groups excluding tert-OH is 8. The van der Waals surface area contributed by atoms with E-state index in [1.165, 1.54) is 0 Å². The maximum atomic E-state index is 14.5. The first kappa shape index (κ1) is 41.9. The van der Waals surface area contributed by atoms with Crippen LogP contribution in [-0.2, 0) is 23.7 Å². The molecule has 2 aliphatic heterocycles. The van der Waals surface area contributed by atoms with Gasteiger partial charge in [0, 0.05) is 5.92 Å².